The Morgan fingerprint density at radius 1 is 0.920 bits per heavy atom. The molecule has 0 spiro atoms. The molecule has 0 bridgehead atoms. The fraction of sp³-hybridized carbons (Fsp3) is 0.324. The van der Waals surface area contributed by atoms with Gasteiger partial charge in [-0.1, -0.05) is 24.3 Å². The second kappa shape index (κ2) is 15.8. The number of methoxy groups -OCH3 is 2. The van der Waals surface area contributed by atoms with E-state index in [1.807, 2.05) is 0 Å². The first-order chi connectivity index (χ1) is 24.1. The number of likely N-dealkylation sites (tertiary alicyclic amines) is 1. The molecule has 2 heterocycles. The molecule has 1 aliphatic rings. The third-order valence-electron chi connectivity index (χ3n) is 8.51. The number of carbonyl (C=O) groups is 4. The first kappa shape index (κ1) is 35.8. The second-order valence-electron chi connectivity index (χ2n) is 11.9. The predicted molar refractivity (Wildman–Crippen MR) is 182 cm³/mol. The Balaban J connectivity index is 1.66. The van der Waals surface area contributed by atoms with E-state index in [4.69, 9.17) is 23.7 Å². The number of aromatic nitrogens is 1. The fourth-order valence-electron chi connectivity index (χ4n) is 6.16. The van der Waals surface area contributed by atoms with Crippen LogP contribution in [0.3, 0.4) is 0 Å². The van der Waals surface area contributed by atoms with Crippen LogP contribution in [-0.4, -0.2) is 91.3 Å². The molecule has 1 fully saturated rings. The van der Waals surface area contributed by atoms with Gasteiger partial charge in [-0.15, -0.1) is 0 Å². The summed E-state index contributed by atoms with van der Waals surface area (Å²) in [6.45, 7) is 3.03. The quantitative estimate of drug-likeness (QED) is 0.115. The summed E-state index contributed by atoms with van der Waals surface area (Å²) >= 11 is 0. The van der Waals surface area contributed by atoms with E-state index < -0.39 is 35.4 Å². The minimum absolute atomic E-state index is 0.0120. The molecule has 0 saturated carbocycles. The zero-order chi connectivity index (χ0) is 35.8. The van der Waals surface area contributed by atoms with Crippen LogP contribution in [0.25, 0.3) is 10.9 Å². The van der Waals surface area contributed by atoms with Crippen molar-refractivity contribution in [3.63, 3.8) is 0 Å². The standard InChI is InChI=1S/C37H39N3O10/c1-23-16-27(17-24(2)32(23)49-22-47-4)34(42)39-31-20-40(36(44)45)15-9-13-37(31,50-35(43)25-10-6-5-7-11-25)33(41)28-19-29-26(12-8-14-38-29)18-30(28)48-21-46-3/h5-8,10-12,14,16-19,31H,9,13,15,20-22H2,1-4H3,(H,39,42)(H,44,45)/t31-,37-/m1/s1. The van der Waals surface area contributed by atoms with Crippen molar-refractivity contribution in [1.29, 1.82) is 0 Å². The summed E-state index contributed by atoms with van der Waals surface area (Å²) in [7, 11) is 2.93. The SMILES string of the molecule is COCOc1cc2cccnc2cc1C(=O)[C@@]1(OC(=O)c2ccccc2)CCCN(C(=O)O)C[C@H]1NC(=O)c1cc(C)c(OCOC)c(C)c1. The number of carboxylic acid groups (broad SMARTS) is 1. The number of Topliss-reactive ketones (excluding diaryl/α,β-unsaturated/α-hetero) is 1. The summed E-state index contributed by atoms with van der Waals surface area (Å²) in [6, 6.07) is 16.7. The molecular weight excluding hydrogens is 646 g/mol. The lowest BCUT2D eigenvalue weighted by atomic mass is 9.81. The number of nitrogens with one attached hydrogen (secondary N) is 1. The molecule has 4 aromatic rings. The highest BCUT2D eigenvalue weighted by Crippen LogP contribution is 2.37. The van der Waals surface area contributed by atoms with Crippen LogP contribution in [0.4, 0.5) is 4.79 Å². The summed E-state index contributed by atoms with van der Waals surface area (Å²) in [5.74, 6) is -1.46. The number of hydrogen-bond donors (Lipinski definition) is 2. The lowest BCUT2D eigenvalue weighted by molar-refractivity contribution is -0.0274. The van der Waals surface area contributed by atoms with E-state index in [1.54, 1.807) is 80.7 Å². The number of carbonyl (C=O) groups excluding carboxylic acids is 3. The van der Waals surface area contributed by atoms with Crippen LogP contribution < -0.4 is 14.8 Å². The molecule has 1 aliphatic heterocycles. The van der Waals surface area contributed by atoms with Gasteiger partial charge >= 0.3 is 12.1 Å². The van der Waals surface area contributed by atoms with Gasteiger partial charge in [0.05, 0.1) is 22.7 Å². The van der Waals surface area contributed by atoms with Crippen LogP contribution in [0.5, 0.6) is 11.5 Å². The van der Waals surface area contributed by atoms with E-state index in [-0.39, 0.29) is 62.0 Å². The largest absolute Gasteiger partial charge is 0.467 e. The van der Waals surface area contributed by atoms with Gasteiger partial charge in [-0.25, -0.2) is 9.59 Å². The Hall–Kier alpha value is -5.53. The zero-order valence-electron chi connectivity index (χ0n) is 28.3. The van der Waals surface area contributed by atoms with Crippen molar-refractivity contribution in [2.24, 2.45) is 0 Å². The summed E-state index contributed by atoms with van der Waals surface area (Å²) in [4.78, 5) is 61.0. The molecular formula is C37H39N3O10. The smallest absolute Gasteiger partial charge is 0.407 e. The minimum atomic E-state index is -2.09. The summed E-state index contributed by atoms with van der Waals surface area (Å²) < 4.78 is 28.0. The maximum absolute atomic E-state index is 15.2. The van der Waals surface area contributed by atoms with Crippen LogP contribution in [-0.2, 0) is 14.2 Å². The number of benzene rings is 3. The second-order valence-corrected chi connectivity index (χ2v) is 11.9. The minimum Gasteiger partial charge on any atom is -0.467 e. The molecule has 13 heteroatoms. The number of aryl methyl sites for hydroxylation is 2. The maximum atomic E-state index is 15.2. The number of ether oxygens (including phenoxy) is 5. The van der Waals surface area contributed by atoms with Gasteiger partial charge in [-0.05, 0) is 80.3 Å². The van der Waals surface area contributed by atoms with Crippen molar-refractivity contribution in [2.45, 2.75) is 38.3 Å². The highest BCUT2D eigenvalue weighted by molar-refractivity contribution is 6.09. The number of esters is 1. The van der Waals surface area contributed by atoms with Crippen LogP contribution in [0.1, 0.15) is 55.0 Å². The highest BCUT2D eigenvalue weighted by atomic mass is 16.7. The first-order valence-corrected chi connectivity index (χ1v) is 15.9. The van der Waals surface area contributed by atoms with Crippen molar-refractivity contribution in [1.82, 2.24) is 15.2 Å². The van der Waals surface area contributed by atoms with Gasteiger partial charge in [0.2, 0.25) is 5.78 Å². The van der Waals surface area contributed by atoms with Crippen LogP contribution >= 0.6 is 0 Å². The van der Waals surface area contributed by atoms with Crippen molar-refractivity contribution in [3.8, 4) is 11.5 Å². The number of nitrogens with zero attached hydrogens (tertiary/aromatic N) is 2. The molecule has 0 radical (unpaired) electrons. The third kappa shape index (κ3) is 7.69. The topological polar surface area (TPSA) is 163 Å². The molecule has 3 aromatic carbocycles. The molecule has 1 aromatic heterocycles. The molecule has 0 unspecified atom stereocenters. The average molecular weight is 686 g/mol. The van der Waals surface area contributed by atoms with E-state index in [0.29, 0.717) is 27.8 Å². The molecule has 50 heavy (non-hydrogen) atoms. The van der Waals surface area contributed by atoms with Gasteiger partial charge in [-0.2, -0.15) is 0 Å². The molecule has 2 amide bonds. The summed E-state index contributed by atoms with van der Waals surface area (Å²) in [5.41, 5.74) is 0.0928. The van der Waals surface area contributed by atoms with E-state index in [9.17, 15) is 19.5 Å². The molecule has 2 atom stereocenters. The number of ketones is 1. The molecule has 13 nitrogen and oxygen atoms in total. The van der Waals surface area contributed by atoms with Crippen LogP contribution in [0.15, 0.2) is 72.9 Å². The van der Waals surface area contributed by atoms with Gasteiger partial charge in [-0.3, -0.25) is 14.6 Å². The molecule has 5 rings (SSSR count). The predicted octanol–water partition coefficient (Wildman–Crippen LogP) is 5.17. The molecule has 262 valence electrons. The number of rotatable bonds is 12. The van der Waals surface area contributed by atoms with E-state index >= 15 is 4.79 Å². The Labute approximate surface area is 289 Å². The Kier molecular flexibility index (Phi) is 11.3. The Morgan fingerprint density at radius 3 is 2.30 bits per heavy atom. The third-order valence-corrected chi connectivity index (χ3v) is 8.51. The van der Waals surface area contributed by atoms with Gasteiger partial charge < -0.3 is 39.0 Å². The van der Waals surface area contributed by atoms with Crippen molar-refractivity contribution >= 4 is 34.7 Å². The molecule has 2 N–H and O–H groups in total. The van der Waals surface area contributed by atoms with E-state index in [2.05, 4.69) is 10.3 Å². The Bertz CT molecular complexity index is 1860. The number of hydrogen-bond acceptors (Lipinski definition) is 10. The van der Waals surface area contributed by atoms with E-state index in [0.717, 1.165) is 4.90 Å². The van der Waals surface area contributed by atoms with Crippen molar-refractivity contribution in [3.05, 3.63) is 101 Å². The maximum Gasteiger partial charge on any atom is 0.407 e. The van der Waals surface area contributed by atoms with Crippen LogP contribution in [0.2, 0.25) is 0 Å². The van der Waals surface area contributed by atoms with Gasteiger partial charge in [0.25, 0.3) is 5.91 Å². The lowest BCUT2D eigenvalue weighted by Gasteiger charge is -2.39. The normalized spacial score (nSPS) is 17.4. The van der Waals surface area contributed by atoms with Gasteiger partial charge in [0, 0.05) is 44.5 Å². The molecule has 0 aliphatic carbocycles. The van der Waals surface area contributed by atoms with Crippen molar-refractivity contribution < 1.29 is 48.0 Å². The number of fused-ring (bicyclic) bond motifs is 1. The molecule has 1 saturated heterocycles. The average Bonchev–Trinajstić information content (AvgIpc) is 3.29. The van der Waals surface area contributed by atoms with Gasteiger partial charge in [0.1, 0.15) is 11.5 Å². The monoisotopic (exact) mass is 685 g/mol. The summed E-state index contributed by atoms with van der Waals surface area (Å²) in [5, 5.41) is 13.7. The van der Waals surface area contributed by atoms with E-state index in [1.165, 1.54) is 20.3 Å². The Morgan fingerprint density at radius 2 is 1.62 bits per heavy atom. The van der Waals surface area contributed by atoms with Crippen molar-refractivity contribution in [2.75, 3.05) is 40.9 Å². The van der Waals surface area contributed by atoms with Crippen LogP contribution in [0, 0.1) is 13.8 Å². The number of amides is 2. The fourth-order valence-corrected chi connectivity index (χ4v) is 6.16. The van der Waals surface area contributed by atoms with Gasteiger partial charge in [0.15, 0.2) is 19.2 Å². The lowest BCUT2D eigenvalue weighted by Crippen LogP contribution is -2.62. The first-order valence-electron chi connectivity index (χ1n) is 15.9. The highest BCUT2D eigenvalue weighted by Gasteiger charge is 2.53. The summed E-state index contributed by atoms with van der Waals surface area (Å²) in [6.07, 6.45) is 0.334. The zero-order valence-corrected chi connectivity index (χ0v) is 28.3. The number of pyridine rings is 1.